The van der Waals surface area contributed by atoms with Gasteiger partial charge in [0.1, 0.15) is 11.9 Å². The van der Waals surface area contributed by atoms with Crippen LogP contribution in [0.3, 0.4) is 0 Å². The summed E-state index contributed by atoms with van der Waals surface area (Å²) in [6, 6.07) is 8.33. The molecule has 0 aromatic heterocycles. The Hall–Kier alpha value is -2.23. The summed E-state index contributed by atoms with van der Waals surface area (Å²) in [4.78, 5) is 40.5. The van der Waals surface area contributed by atoms with Crippen molar-refractivity contribution in [3.05, 3.63) is 46.5 Å². The number of allylic oxidation sites excluding steroid dienone is 2. The average Bonchev–Trinajstić information content (AvgIpc) is 3.24. The van der Waals surface area contributed by atoms with E-state index in [-0.39, 0.29) is 57.1 Å². The molecule has 4 heteroatoms. The molecule has 4 fully saturated rings. The minimum absolute atomic E-state index is 0.0210. The molecule has 0 N–H and O–H groups in total. The highest BCUT2D eigenvalue weighted by Gasteiger charge is 2.70. The molecule has 0 aliphatic heterocycles. The highest BCUT2D eigenvalue weighted by atomic mass is 16.5. The van der Waals surface area contributed by atoms with E-state index in [1.54, 1.807) is 6.92 Å². The molecule has 0 saturated heterocycles. The topological polar surface area (TPSA) is 60.4 Å². The van der Waals surface area contributed by atoms with Gasteiger partial charge in [-0.2, -0.15) is 0 Å². The minimum Gasteiger partial charge on any atom is -0.462 e. The number of carbonyl (C=O) groups is 3. The largest absolute Gasteiger partial charge is 0.462 e. The summed E-state index contributed by atoms with van der Waals surface area (Å²) >= 11 is 0. The van der Waals surface area contributed by atoms with E-state index in [9.17, 15) is 14.4 Å². The lowest BCUT2D eigenvalue weighted by Crippen LogP contribution is -2.66. The van der Waals surface area contributed by atoms with Crippen molar-refractivity contribution in [3.63, 3.8) is 0 Å². The Kier molecular flexibility index (Phi) is 7.50. The van der Waals surface area contributed by atoms with Gasteiger partial charge in [0.2, 0.25) is 0 Å². The van der Waals surface area contributed by atoms with Crippen molar-refractivity contribution in [2.24, 2.45) is 50.7 Å². The molecule has 1 aromatic carbocycles. The van der Waals surface area contributed by atoms with Crippen LogP contribution in [0.4, 0.5) is 0 Å². The van der Waals surface area contributed by atoms with E-state index < -0.39 is 5.41 Å². The van der Waals surface area contributed by atoms with E-state index in [4.69, 9.17) is 4.74 Å². The van der Waals surface area contributed by atoms with Crippen molar-refractivity contribution in [1.82, 2.24) is 0 Å². The van der Waals surface area contributed by atoms with Gasteiger partial charge in [0, 0.05) is 25.2 Å². The van der Waals surface area contributed by atoms with E-state index >= 15 is 0 Å². The number of esters is 1. The van der Waals surface area contributed by atoms with Gasteiger partial charge >= 0.3 is 5.97 Å². The number of ketones is 2. The first-order chi connectivity index (χ1) is 20.5. The van der Waals surface area contributed by atoms with Gasteiger partial charge in [-0.25, -0.2) is 0 Å². The fourth-order valence-electron chi connectivity index (χ4n) is 12.5. The monoisotopic (exact) mass is 600 g/mol. The third kappa shape index (κ3) is 4.31. The molecule has 0 amide bonds. The second kappa shape index (κ2) is 10.4. The van der Waals surface area contributed by atoms with E-state index in [0.29, 0.717) is 24.7 Å². The van der Waals surface area contributed by atoms with Crippen LogP contribution in [0.2, 0.25) is 0 Å². The van der Waals surface area contributed by atoms with Gasteiger partial charge in [-0.3, -0.25) is 14.4 Å². The number of Topliss-reactive ketones (excluding diaryl/α,β-unsaturated/α-hetero) is 2. The highest BCUT2D eigenvalue weighted by molar-refractivity contribution is 6.07. The second-order valence-electron chi connectivity index (χ2n) is 17.3. The van der Waals surface area contributed by atoms with Gasteiger partial charge in [0.25, 0.3) is 0 Å². The summed E-state index contributed by atoms with van der Waals surface area (Å²) in [5.74, 6) is 1.80. The van der Waals surface area contributed by atoms with Crippen LogP contribution in [0.15, 0.2) is 35.4 Å². The Balaban J connectivity index is 1.39. The molecule has 0 bridgehead atoms. The lowest BCUT2D eigenvalue weighted by atomic mass is 9.33. The van der Waals surface area contributed by atoms with E-state index in [0.717, 1.165) is 62.5 Å². The Morgan fingerprint density at radius 2 is 1.64 bits per heavy atom. The standard InChI is InChI=1S/C40H56O4/c1-24(2)34-29(42)23-40(32(43)22-27-12-10-11-25(3)21-27)20-19-38(8)28(35(34)40)13-14-31-37(7)17-16-33(44-26(4)41)36(5,6)30(37)15-18-39(31,38)9/h10-12,21,24,28,30-31,33H,13-20,22-23H2,1-9H3/t28-,30+,31-,33+,37+,38-,39-,40+/m1/s1. The molecule has 0 spiro atoms. The zero-order valence-electron chi connectivity index (χ0n) is 28.9. The molecule has 5 aliphatic carbocycles. The fourth-order valence-corrected chi connectivity index (χ4v) is 12.5. The third-order valence-electron chi connectivity index (χ3n) is 14.7. The minimum atomic E-state index is -0.640. The number of hydrogen-bond donors (Lipinski definition) is 0. The fraction of sp³-hybridized carbons (Fsp3) is 0.725. The zero-order chi connectivity index (χ0) is 32.0. The van der Waals surface area contributed by atoms with Gasteiger partial charge in [0.15, 0.2) is 5.78 Å². The number of fused-ring (bicyclic) bond motifs is 7. The normalized spacial score (nSPS) is 41.0. The van der Waals surface area contributed by atoms with Crippen molar-refractivity contribution < 1.29 is 19.1 Å². The van der Waals surface area contributed by atoms with Crippen molar-refractivity contribution in [2.75, 3.05) is 0 Å². The summed E-state index contributed by atoms with van der Waals surface area (Å²) in [5.41, 5.74) is 4.12. The van der Waals surface area contributed by atoms with Gasteiger partial charge in [0.05, 0.1) is 5.41 Å². The molecule has 1 aromatic rings. The summed E-state index contributed by atoms with van der Waals surface area (Å²) in [5, 5.41) is 0. The van der Waals surface area contributed by atoms with Gasteiger partial charge < -0.3 is 4.74 Å². The maximum Gasteiger partial charge on any atom is 0.302 e. The summed E-state index contributed by atoms with van der Waals surface area (Å²) in [6.07, 6.45) is 9.09. The predicted molar refractivity (Wildman–Crippen MR) is 175 cm³/mol. The Bertz CT molecular complexity index is 1420. The van der Waals surface area contributed by atoms with Crippen LogP contribution in [-0.2, 0) is 25.5 Å². The molecule has 0 unspecified atom stereocenters. The van der Waals surface area contributed by atoms with Crippen LogP contribution in [0.1, 0.15) is 124 Å². The number of benzene rings is 1. The summed E-state index contributed by atoms with van der Waals surface area (Å²) in [7, 11) is 0. The molecule has 4 saturated carbocycles. The van der Waals surface area contributed by atoms with Crippen LogP contribution in [0.5, 0.6) is 0 Å². The summed E-state index contributed by atoms with van der Waals surface area (Å²) < 4.78 is 5.93. The van der Waals surface area contributed by atoms with Gasteiger partial charge in [-0.1, -0.05) is 78.3 Å². The van der Waals surface area contributed by atoms with Crippen molar-refractivity contribution in [2.45, 2.75) is 133 Å². The maximum absolute atomic E-state index is 14.5. The maximum atomic E-state index is 14.5. The van der Waals surface area contributed by atoms with Gasteiger partial charge in [-0.15, -0.1) is 0 Å². The first kappa shape index (κ1) is 31.7. The molecule has 0 heterocycles. The molecule has 6 rings (SSSR count). The van der Waals surface area contributed by atoms with Crippen LogP contribution < -0.4 is 0 Å². The average molecular weight is 601 g/mol. The highest BCUT2D eigenvalue weighted by Crippen LogP contribution is 2.76. The van der Waals surface area contributed by atoms with Crippen molar-refractivity contribution in [1.29, 1.82) is 0 Å². The van der Waals surface area contributed by atoms with Crippen LogP contribution in [0.25, 0.3) is 0 Å². The molecule has 4 nitrogen and oxygen atoms in total. The first-order valence-corrected chi connectivity index (χ1v) is 17.5. The number of rotatable bonds is 5. The molecular formula is C40H56O4. The van der Waals surface area contributed by atoms with Crippen molar-refractivity contribution >= 4 is 17.5 Å². The molecule has 44 heavy (non-hydrogen) atoms. The zero-order valence-corrected chi connectivity index (χ0v) is 28.9. The lowest BCUT2D eigenvalue weighted by Gasteiger charge is -2.72. The van der Waals surface area contributed by atoms with Crippen LogP contribution in [-0.4, -0.2) is 23.6 Å². The van der Waals surface area contributed by atoms with Gasteiger partial charge in [-0.05, 0) is 115 Å². The first-order valence-electron chi connectivity index (χ1n) is 17.5. The van der Waals surface area contributed by atoms with Crippen LogP contribution in [0, 0.1) is 57.7 Å². The summed E-state index contributed by atoms with van der Waals surface area (Å²) in [6.45, 7) is 20.3. The van der Waals surface area contributed by atoms with E-state index in [2.05, 4.69) is 73.6 Å². The Morgan fingerprint density at radius 3 is 2.30 bits per heavy atom. The Morgan fingerprint density at radius 1 is 0.909 bits per heavy atom. The van der Waals surface area contributed by atoms with E-state index in [1.807, 2.05) is 6.07 Å². The quantitative estimate of drug-likeness (QED) is 0.317. The van der Waals surface area contributed by atoms with Crippen molar-refractivity contribution in [3.8, 4) is 0 Å². The number of ether oxygens (including phenoxy) is 1. The second-order valence-corrected chi connectivity index (χ2v) is 17.3. The number of carbonyl (C=O) groups excluding carboxylic acids is 3. The Labute approximate surface area is 266 Å². The van der Waals surface area contributed by atoms with E-state index in [1.165, 1.54) is 11.1 Å². The molecular weight excluding hydrogens is 544 g/mol. The molecule has 0 radical (unpaired) electrons. The molecule has 8 atom stereocenters. The van der Waals surface area contributed by atoms with Crippen LogP contribution >= 0.6 is 0 Å². The predicted octanol–water partition coefficient (Wildman–Crippen LogP) is 9.02. The number of aryl methyl sites for hydroxylation is 1. The molecule has 5 aliphatic rings. The third-order valence-corrected chi connectivity index (χ3v) is 14.7. The molecule has 240 valence electrons. The smallest absolute Gasteiger partial charge is 0.302 e. The lowest BCUT2D eigenvalue weighted by molar-refractivity contribution is -0.232. The number of hydrogen-bond acceptors (Lipinski definition) is 4. The SMILES string of the molecule is CC(=O)O[C@H]1CC[C@]2(C)[C@H]3CC[C@@H]4C5=C(C(C)C)C(=O)C[C@]5(C(=O)Cc5cccc(C)c5)CC[C@@]4(C)[C@]3(C)CC[C@H]2C1(C)C.